The lowest BCUT2D eigenvalue weighted by molar-refractivity contribution is -0.116. The molecule has 0 radical (unpaired) electrons. The molecular formula is C14H19BrOS. The molecule has 1 rings (SSSR count). The van der Waals surface area contributed by atoms with Crippen LogP contribution in [0.4, 0.5) is 0 Å². The van der Waals surface area contributed by atoms with E-state index >= 15 is 0 Å². The van der Waals surface area contributed by atoms with Crippen LogP contribution < -0.4 is 0 Å². The zero-order valence-electron chi connectivity index (χ0n) is 10.2. The Bertz CT molecular complexity index is 335. The second-order valence-corrected chi connectivity index (χ2v) is 6.06. The summed E-state index contributed by atoms with van der Waals surface area (Å²) in [5, 5.41) is 0. The quantitative estimate of drug-likeness (QED) is 0.491. The van der Waals surface area contributed by atoms with E-state index in [1.54, 1.807) is 11.8 Å². The summed E-state index contributed by atoms with van der Waals surface area (Å²) in [6.07, 6.45) is 5.44. The second kappa shape index (κ2) is 8.76. The Morgan fingerprint density at radius 1 is 1.18 bits per heavy atom. The molecule has 0 amide bonds. The van der Waals surface area contributed by atoms with Crippen molar-refractivity contribution in [3.8, 4) is 0 Å². The molecule has 0 fully saturated rings. The number of thioether (sulfide) groups is 1. The van der Waals surface area contributed by atoms with E-state index in [4.69, 9.17) is 0 Å². The van der Waals surface area contributed by atoms with Crippen molar-refractivity contribution in [1.82, 2.24) is 0 Å². The lowest BCUT2D eigenvalue weighted by atomic mass is 10.1. The third-order valence-electron chi connectivity index (χ3n) is 2.52. The molecule has 0 aliphatic heterocycles. The van der Waals surface area contributed by atoms with Gasteiger partial charge in [0, 0.05) is 15.8 Å². The van der Waals surface area contributed by atoms with Gasteiger partial charge in [-0.05, 0) is 30.7 Å². The third kappa shape index (κ3) is 6.89. The van der Waals surface area contributed by atoms with E-state index in [0.29, 0.717) is 11.5 Å². The number of Topliss-reactive ketones (excluding diaryl/α,β-unsaturated/α-hetero) is 1. The number of rotatable bonds is 8. The number of unbranched alkanes of at least 4 members (excludes halogenated alkanes) is 3. The van der Waals surface area contributed by atoms with Gasteiger partial charge < -0.3 is 0 Å². The zero-order chi connectivity index (χ0) is 12.5. The Kier molecular flexibility index (Phi) is 7.62. The zero-order valence-corrected chi connectivity index (χ0v) is 12.6. The van der Waals surface area contributed by atoms with E-state index in [1.165, 1.54) is 19.3 Å². The average molecular weight is 315 g/mol. The molecule has 0 saturated heterocycles. The molecule has 0 unspecified atom stereocenters. The fraction of sp³-hybridized carbons (Fsp3) is 0.500. The molecule has 0 aliphatic carbocycles. The summed E-state index contributed by atoms with van der Waals surface area (Å²) in [6.45, 7) is 2.19. The topological polar surface area (TPSA) is 17.1 Å². The van der Waals surface area contributed by atoms with Crippen molar-refractivity contribution in [2.45, 2.75) is 43.9 Å². The first-order chi connectivity index (χ1) is 8.22. The van der Waals surface area contributed by atoms with Gasteiger partial charge in [-0.25, -0.2) is 0 Å². The average Bonchev–Trinajstić information content (AvgIpc) is 2.34. The Morgan fingerprint density at radius 2 is 1.88 bits per heavy atom. The Hall–Kier alpha value is -0.280. The molecule has 3 heteroatoms. The number of hydrogen-bond acceptors (Lipinski definition) is 2. The Balaban J connectivity index is 2.17. The maximum absolute atomic E-state index is 11.6. The van der Waals surface area contributed by atoms with Crippen molar-refractivity contribution in [2.75, 3.05) is 5.75 Å². The predicted molar refractivity (Wildman–Crippen MR) is 78.6 cm³/mol. The smallest absolute Gasteiger partial charge is 0.143 e. The normalized spacial score (nSPS) is 10.5. The lowest BCUT2D eigenvalue weighted by Crippen LogP contribution is -2.00. The minimum Gasteiger partial charge on any atom is -0.299 e. The molecule has 0 heterocycles. The van der Waals surface area contributed by atoms with E-state index in [-0.39, 0.29) is 0 Å². The molecular weight excluding hydrogens is 296 g/mol. The molecule has 0 aliphatic rings. The van der Waals surface area contributed by atoms with Gasteiger partial charge in [-0.15, -0.1) is 11.8 Å². The summed E-state index contributed by atoms with van der Waals surface area (Å²) < 4.78 is 1.08. The number of ketones is 1. The summed E-state index contributed by atoms with van der Waals surface area (Å²) in [5.74, 6) is 0.974. The molecule has 1 aromatic carbocycles. The molecule has 0 N–H and O–H groups in total. The van der Waals surface area contributed by atoms with E-state index in [0.717, 1.165) is 22.2 Å². The van der Waals surface area contributed by atoms with Crippen LogP contribution in [0.3, 0.4) is 0 Å². The monoisotopic (exact) mass is 314 g/mol. The van der Waals surface area contributed by atoms with Crippen LogP contribution in [0.1, 0.15) is 39.0 Å². The van der Waals surface area contributed by atoms with Gasteiger partial charge in [0.05, 0.1) is 5.75 Å². The van der Waals surface area contributed by atoms with Gasteiger partial charge in [0.25, 0.3) is 0 Å². The van der Waals surface area contributed by atoms with Crippen molar-refractivity contribution in [1.29, 1.82) is 0 Å². The maximum atomic E-state index is 11.6. The molecule has 1 nitrogen and oxygen atoms in total. The molecule has 0 aromatic heterocycles. The SMILES string of the molecule is CCCCCCC(=O)CSc1ccc(Br)cc1. The fourth-order valence-electron chi connectivity index (χ4n) is 1.52. The Morgan fingerprint density at radius 3 is 2.53 bits per heavy atom. The standard InChI is InChI=1S/C14H19BrOS/c1-2-3-4-5-6-13(16)11-17-14-9-7-12(15)8-10-14/h7-10H,2-6,11H2,1H3. The molecule has 0 saturated carbocycles. The lowest BCUT2D eigenvalue weighted by Gasteiger charge is -2.02. The van der Waals surface area contributed by atoms with Gasteiger partial charge >= 0.3 is 0 Å². The summed E-state index contributed by atoms with van der Waals surface area (Å²) in [5.41, 5.74) is 0. The van der Waals surface area contributed by atoms with E-state index in [9.17, 15) is 4.79 Å². The second-order valence-electron chi connectivity index (χ2n) is 4.09. The first kappa shape index (κ1) is 14.8. The van der Waals surface area contributed by atoms with Crippen LogP contribution in [0, 0.1) is 0 Å². The van der Waals surface area contributed by atoms with Gasteiger partial charge in [-0.3, -0.25) is 4.79 Å². The van der Waals surface area contributed by atoms with E-state index in [1.807, 2.05) is 24.3 Å². The number of halogens is 1. The molecule has 0 atom stereocenters. The number of carbonyl (C=O) groups excluding carboxylic acids is 1. The first-order valence-corrected chi connectivity index (χ1v) is 7.90. The first-order valence-electron chi connectivity index (χ1n) is 6.12. The summed E-state index contributed by atoms with van der Waals surface area (Å²) in [7, 11) is 0. The molecule has 94 valence electrons. The van der Waals surface area contributed by atoms with E-state index < -0.39 is 0 Å². The molecule has 1 aromatic rings. The predicted octanol–water partition coefficient (Wildman–Crippen LogP) is 5.08. The van der Waals surface area contributed by atoms with Gasteiger partial charge in [0.15, 0.2) is 0 Å². The largest absolute Gasteiger partial charge is 0.299 e. The minimum atomic E-state index is 0.369. The summed E-state index contributed by atoms with van der Waals surface area (Å²) in [6, 6.07) is 8.10. The van der Waals surface area contributed by atoms with Crippen LogP contribution in [0.25, 0.3) is 0 Å². The third-order valence-corrected chi connectivity index (χ3v) is 4.12. The summed E-state index contributed by atoms with van der Waals surface area (Å²) >= 11 is 5.03. The number of carbonyl (C=O) groups is 1. The highest BCUT2D eigenvalue weighted by Gasteiger charge is 2.03. The number of benzene rings is 1. The molecule has 17 heavy (non-hydrogen) atoms. The molecule has 0 bridgehead atoms. The van der Waals surface area contributed by atoms with Crippen LogP contribution >= 0.6 is 27.7 Å². The van der Waals surface area contributed by atoms with Crippen molar-refractivity contribution in [2.24, 2.45) is 0 Å². The number of hydrogen-bond donors (Lipinski definition) is 0. The van der Waals surface area contributed by atoms with Gasteiger partial charge in [-0.2, -0.15) is 0 Å². The molecule has 0 spiro atoms. The maximum Gasteiger partial charge on any atom is 0.143 e. The van der Waals surface area contributed by atoms with Crippen LogP contribution in [0.15, 0.2) is 33.6 Å². The fourth-order valence-corrected chi connectivity index (χ4v) is 2.58. The van der Waals surface area contributed by atoms with Crippen LogP contribution in [-0.4, -0.2) is 11.5 Å². The van der Waals surface area contributed by atoms with Crippen LogP contribution in [0.5, 0.6) is 0 Å². The van der Waals surface area contributed by atoms with Crippen molar-refractivity contribution in [3.05, 3.63) is 28.7 Å². The van der Waals surface area contributed by atoms with Gasteiger partial charge in [-0.1, -0.05) is 42.1 Å². The highest BCUT2D eigenvalue weighted by Crippen LogP contribution is 2.21. The van der Waals surface area contributed by atoms with Crippen molar-refractivity contribution >= 4 is 33.5 Å². The van der Waals surface area contributed by atoms with Crippen molar-refractivity contribution in [3.63, 3.8) is 0 Å². The minimum absolute atomic E-state index is 0.369. The van der Waals surface area contributed by atoms with Gasteiger partial charge in [0.2, 0.25) is 0 Å². The highest BCUT2D eigenvalue weighted by molar-refractivity contribution is 9.10. The van der Waals surface area contributed by atoms with Gasteiger partial charge in [0.1, 0.15) is 5.78 Å². The Labute approximate surface area is 117 Å². The summed E-state index contributed by atoms with van der Waals surface area (Å²) in [4.78, 5) is 12.8. The van der Waals surface area contributed by atoms with Crippen LogP contribution in [0.2, 0.25) is 0 Å². The highest BCUT2D eigenvalue weighted by atomic mass is 79.9. The van der Waals surface area contributed by atoms with E-state index in [2.05, 4.69) is 22.9 Å². The van der Waals surface area contributed by atoms with Crippen molar-refractivity contribution < 1.29 is 4.79 Å². The van der Waals surface area contributed by atoms with Crippen LogP contribution in [-0.2, 0) is 4.79 Å².